The van der Waals surface area contributed by atoms with Crippen molar-refractivity contribution in [1.29, 1.82) is 0 Å². The van der Waals surface area contributed by atoms with Gasteiger partial charge in [-0.1, -0.05) is 49.4 Å². The minimum atomic E-state index is 1.09. The lowest BCUT2D eigenvalue weighted by Crippen LogP contribution is -1.82. The molecule has 0 N–H and O–H groups in total. The van der Waals surface area contributed by atoms with Crippen LogP contribution in [0.25, 0.3) is 32.0 Å². The highest BCUT2D eigenvalue weighted by atomic mass is 32.1. The van der Waals surface area contributed by atoms with E-state index in [0.717, 1.165) is 6.42 Å². The fraction of sp³-hybridized carbons (Fsp3) is 0.143. The van der Waals surface area contributed by atoms with Crippen molar-refractivity contribution < 1.29 is 0 Å². The molecule has 1 aromatic heterocycles. The summed E-state index contributed by atoms with van der Waals surface area (Å²) >= 11 is 1.87. The van der Waals surface area contributed by atoms with E-state index in [9.17, 15) is 0 Å². The van der Waals surface area contributed by atoms with Crippen LogP contribution in [0.3, 0.4) is 0 Å². The molecule has 1 heterocycles. The second-order valence-corrected chi connectivity index (χ2v) is 7.15. The summed E-state index contributed by atoms with van der Waals surface area (Å²) in [5.74, 6) is 0. The van der Waals surface area contributed by atoms with Crippen LogP contribution < -0.4 is 0 Å². The summed E-state index contributed by atoms with van der Waals surface area (Å²) < 4.78 is 1.37. The first-order valence-corrected chi connectivity index (χ1v) is 8.58. The van der Waals surface area contributed by atoms with E-state index < -0.39 is 0 Å². The van der Waals surface area contributed by atoms with E-state index in [-0.39, 0.29) is 0 Å². The number of fused-ring (bicyclic) bond motifs is 2. The summed E-state index contributed by atoms with van der Waals surface area (Å²) in [4.78, 5) is 1.37. The molecule has 1 heteroatoms. The van der Waals surface area contributed by atoms with Crippen molar-refractivity contribution in [2.75, 3.05) is 0 Å². The monoisotopic (exact) mass is 302 g/mol. The van der Waals surface area contributed by atoms with Gasteiger partial charge in [-0.25, -0.2) is 0 Å². The first-order valence-electron chi connectivity index (χ1n) is 7.76. The summed E-state index contributed by atoms with van der Waals surface area (Å²) in [6.07, 6.45) is 1.09. The Bertz CT molecular complexity index is 976. The van der Waals surface area contributed by atoms with Gasteiger partial charge in [-0.05, 0) is 64.4 Å². The first kappa shape index (κ1) is 13.5. The van der Waals surface area contributed by atoms with Gasteiger partial charge in [0.25, 0.3) is 0 Å². The Balaban J connectivity index is 1.84. The lowest BCUT2D eigenvalue weighted by molar-refractivity contribution is 1.15. The predicted molar refractivity (Wildman–Crippen MR) is 98.9 cm³/mol. The zero-order chi connectivity index (χ0) is 15.1. The van der Waals surface area contributed by atoms with Gasteiger partial charge in [0.1, 0.15) is 0 Å². The van der Waals surface area contributed by atoms with Crippen molar-refractivity contribution in [3.63, 3.8) is 0 Å². The molecule has 108 valence electrons. The largest absolute Gasteiger partial charge is 0.141 e. The molecule has 4 rings (SSSR count). The molecule has 0 nitrogen and oxygen atoms in total. The highest BCUT2D eigenvalue weighted by Gasteiger charge is 2.04. The molecule has 0 saturated carbocycles. The van der Waals surface area contributed by atoms with Gasteiger partial charge in [-0.15, -0.1) is 11.3 Å². The molecule has 0 spiro atoms. The van der Waals surface area contributed by atoms with E-state index >= 15 is 0 Å². The summed E-state index contributed by atoms with van der Waals surface area (Å²) in [6.45, 7) is 4.37. The average Bonchev–Trinajstić information content (AvgIpc) is 2.92. The third kappa shape index (κ3) is 2.32. The molecule has 0 bridgehead atoms. The van der Waals surface area contributed by atoms with Crippen molar-refractivity contribution in [2.45, 2.75) is 20.3 Å². The fourth-order valence-corrected chi connectivity index (χ4v) is 4.00. The van der Waals surface area contributed by atoms with Crippen LogP contribution in [0.2, 0.25) is 0 Å². The quantitative estimate of drug-likeness (QED) is 0.391. The molecule has 0 amide bonds. The molecule has 0 unspecified atom stereocenters. The number of benzene rings is 3. The number of thiophene rings is 1. The van der Waals surface area contributed by atoms with Crippen LogP contribution in [0, 0.1) is 6.92 Å². The topological polar surface area (TPSA) is 0 Å². The SMILES string of the molecule is CCc1ccc2cc(-c3ccc4cc(C)sc4c3)ccc2c1. The molecule has 0 atom stereocenters. The summed E-state index contributed by atoms with van der Waals surface area (Å²) in [5.41, 5.74) is 4.00. The van der Waals surface area contributed by atoms with E-state index in [4.69, 9.17) is 0 Å². The smallest absolute Gasteiger partial charge is 0.0351 e. The standard InChI is InChI=1S/C21H18S/c1-3-15-4-5-17-12-18(7-6-16(17)11-15)19-8-9-20-10-14(2)22-21(20)13-19/h4-13H,3H2,1-2H3. The Hall–Kier alpha value is -2.12. The van der Waals surface area contributed by atoms with Gasteiger partial charge in [-0.3, -0.25) is 0 Å². The van der Waals surface area contributed by atoms with Gasteiger partial charge in [0.15, 0.2) is 0 Å². The van der Waals surface area contributed by atoms with E-state index in [2.05, 4.69) is 74.5 Å². The normalized spacial score (nSPS) is 11.4. The maximum atomic E-state index is 2.31. The molecule has 4 aromatic rings. The van der Waals surface area contributed by atoms with Crippen molar-refractivity contribution in [2.24, 2.45) is 0 Å². The lowest BCUT2D eigenvalue weighted by atomic mass is 9.99. The molecule has 0 radical (unpaired) electrons. The average molecular weight is 302 g/mol. The molecule has 0 aliphatic heterocycles. The Morgan fingerprint density at radius 3 is 2.23 bits per heavy atom. The van der Waals surface area contributed by atoms with E-state index in [0.29, 0.717) is 0 Å². The number of hydrogen-bond acceptors (Lipinski definition) is 1. The van der Waals surface area contributed by atoms with Crippen molar-refractivity contribution in [1.82, 2.24) is 0 Å². The van der Waals surface area contributed by atoms with Gasteiger partial charge in [0, 0.05) is 9.58 Å². The molecule has 0 aliphatic rings. The van der Waals surface area contributed by atoms with E-state index in [1.807, 2.05) is 11.3 Å². The van der Waals surface area contributed by atoms with E-state index in [1.165, 1.54) is 42.4 Å². The molecular weight excluding hydrogens is 284 g/mol. The Morgan fingerprint density at radius 1 is 0.727 bits per heavy atom. The minimum Gasteiger partial charge on any atom is -0.141 e. The van der Waals surface area contributed by atoms with Crippen LogP contribution in [-0.4, -0.2) is 0 Å². The van der Waals surface area contributed by atoms with Crippen LogP contribution in [-0.2, 0) is 6.42 Å². The second-order valence-electron chi connectivity index (χ2n) is 5.86. The van der Waals surface area contributed by atoms with Gasteiger partial charge in [0.2, 0.25) is 0 Å². The zero-order valence-electron chi connectivity index (χ0n) is 12.9. The van der Waals surface area contributed by atoms with Gasteiger partial charge >= 0.3 is 0 Å². The molecule has 0 aliphatic carbocycles. The van der Waals surface area contributed by atoms with Crippen molar-refractivity contribution in [3.05, 3.63) is 71.1 Å². The third-order valence-corrected chi connectivity index (χ3v) is 5.30. The number of hydrogen-bond donors (Lipinski definition) is 0. The maximum Gasteiger partial charge on any atom is 0.0351 e. The fourth-order valence-electron chi connectivity index (χ4n) is 3.04. The van der Waals surface area contributed by atoms with E-state index in [1.54, 1.807) is 0 Å². The number of rotatable bonds is 2. The van der Waals surface area contributed by atoms with Crippen LogP contribution in [0.5, 0.6) is 0 Å². The van der Waals surface area contributed by atoms with Crippen LogP contribution in [0.4, 0.5) is 0 Å². The van der Waals surface area contributed by atoms with Crippen LogP contribution in [0.15, 0.2) is 60.7 Å². The first-order chi connectivity index (χ1) is 10.7. The predicted octanol–water partition coefficient (Wildman–Crippen LogP) is 6.59. The summed E-state index contributed by atoms with van der Waals surface area (Å²) in [6, 6.07) is 22.6. The molecule has 3 aromatic carbocycles. The Kier molecular flexibility index (Phi) is 3.24. The summed E-state index contributed by atoms with van der Waals surface area (Å²) in [5, 5.41) is 3.99. The Morgan fingerprint density at radius 2 is 1.41 bits per heavy atom. The molecular formula is C21H18S. The minimum absolute atomic E-state index is 1.09. The summed E-state index contributed by atoms with van der Waals surface area (Å²) in [7, 11) is 0. The van der Waals surface area contributed by atoms with Crippen molar-refractivity contribution >= 4 is 32.2 Å². The molecule has 22 heavy (non-hydrogen) atoms. The van der Waals surface area contributed by atoms with Crippen molar-refractivity contribution in [3.8, 4) is 11.1 Å². The van der Waals surface area contributed by atoms with Crippen LogP contribution >= 0.6 is 11.3 Å². The molecule has 0 saturated heterocycles. The highest BCUT2D eigenvalue weighted by molar-refractivity contribution is 7.19. The molecule has 0 fully saturated rings. The van der Waals surface area contributed by atoms with Crippen LogP contribution in [0.1, 0.15) is 17.4 Å². The zero-order valence-corrected chi connectivity index (χ0v) is 13.7. The lowest BCUT2D eigenvalue weighted by Gasteiger charge is -2.06. The second kappa shape index (κ2) is 5.26. The Labute approximate surface area is 135 Å². The third-order valence-electron chi connectivity index (χ3n) is 4.29. The highest BCUT2D eigenvalue weighted by Crippen LogP contribution is 2.31. The maximum absolute atomic E-state index is 2.31. The van der Waals surface area contributed by atoms with Gasteiger partial charge in [0.05, 0.1) is 0 Å². The number of aryl methyl sites for hydroxylation is 2. The van der Waals surface area contributed by atoms with Gasteiger partial charge < -0.3 is 0 Å². The van der Waals surface area contributed by atoms with Gasteiger partial charge in [-0.2, -0.15) is 0 Å².